The Bertz CT molecular complexity index is 429. The van der Waals surface area contributed by atoms with Gasteiger partial charge in [0.15, 0.2) is 0 Å². The zero-order valence-electron chi connectivity index (χ0n) is 11.1. The zero-order valence-corrected chi connectivity index (χ0v) is 11.1. The first-order valence-electron chi connectivity index (χ1n) is 6.68. The highest BCUT2D eigenvalue weighted by atomic mass is 19.4. The summed E-state index contributed by atoms with van der Waals surface area (Å²) in [4.78, 5) is 1.41. The third-order valence-electron chi connectivity index (χ3n) is 3.26. The van der Waals surface area contributed by atoms with Crippen molar-refractivity contribution >= 4 is 11.4 Å². The van der Waals surface area contributed by atoms with Crippen molar-refractivity contribution in [3.05, 3.63) is 23.8 Å². The van der Waals surface area contributed by atoms with E-state index in [1.165, 1.54) is 4.90 Å². The second-order valence-electron chi connectivity index (χ2n) is 4.91. The highest BCUT2D eigenvalue weighted by Gasteiger charge is 2.30. The molecule has 1 aliphatic heterocycles. The minimum atomic E-state index is -4.16. The Balaban J connectivity index is 2.21. The fourth-order valence-corrected chi connectivity index (χ4v) is 2.44. The van der Waals surface area contributed by atoms with Crippen molar-refractivity contribution in [1.29, 1.82) is 0 Å². The molecule has 0 aliphatic carbocycles. The van der Waals surface area contributed by atoms with E-state index in [-0.39, 0.29) is 0 Å². The van der Waals surface area contributed by atoms with Crippen molar-refractivity contribution in [1.82, 2.24) is 0 Å². The standard InChI is InChI=1S/C14H19F3N2/c1-2-8-19(10-14(15,16)17)12-5-6-13-11(9-12)4-3-7-18-13/h5-6,9,18H,2-4,7-8,10H2,1H3. The van der Waals surface area contributed by atoms with E-state index in [9.17, 15) is 13.2 Å². The summed E-state index contributed by atoms with van der Waals surface area (Å²) in [5.41, 5.74) is 2.84. The molecule has 2 rings (SSSR count). The number of anilines is 2. The van der Waals surface area contributed by atoms with Crippen LogP contribution in [0, 0.1) is 0 Å². The summed E-state index contributed by atoms with van der Waals surface area (Å²) in [6.07, 6.45) is -1.50. The first-order chi connectivity index (χ1) is 8.99. The van der Waals surface area contributed by atoms with Gasteiger partial charge >= 0.3 is 6.18 Å². The molecule has 1 heterocycles. The molecular weight excluding hydrogens is 253 g/mol. The molecule has 5 heteroatoms. The van der Waals surface area contributed by atoms with Crippen molar-refractivity contribution in [2.45, 2.75) is 32.4 Å². The molecule has 0 saturated carbocycles. The summed E-state index contributed by atoms with van der Waals surface area (Å²) in [5.74, 6) is 0. The molecule has 0 radical (unpaired) electrons. The maximum atomic E-state index is 12.6. The molecule has 0 bridgehead atoms. The largest absolute Gasteiger partial charge is 0.405 e. The van der Waals surface area contributed by atoms with Gasteiger partial charge in [-0.25, -0.2) is 0 Å². The normalized spacial score (nSPS) is 14.7. The van der Waals surface area contributed by atoms with Gasteiger partial charge in [0.25, 0.3) is 0 Å². The van der Waals surface area contributed by atoms with Gasteiger partial charge in [-0.3, -0.25) is 0 Å². The van der Waals surface area contributed by atoms with Crippen LogP contribution in [0.15, 0.2) is 18.2 Å². The molecule has 0 fully saturated rings. The molecule has 0 aromatic heterocycles. The molecule has 0 unspecified atom stereocenters. The second kappa shape index (κ2) is 5.72. The number of hydrogen-bond donors (Lipinski definition) is 1. The van der Waals surface area contributed by atoms with Crippen LogP contribution in [0.2, 0.25) is 0 Å². The lowest BCUT2D eigenvalue weighted by atomic mass is 10.0. The van der Waals surface area contributed by atoms with E-state index in [0.717, 1.165) is 30.6 Å². The molecule has 0 atom stereocenters. The Labute approximate surface area is 111 Å². The van der Waals surface area contributed by atoms with Crippen LogP contribution in [-0.2, 0) is 6.42 Å². The zero-order chi connectivity index (χ0) is 13.9. The molecule has 0 amide bonds. The van der Waals surface area contributed by atoms with Crippen molar-refractivity contribution in [3.8, 4) is 0 Å². The Kier molecular flexibility index (Phi) is 4.22. The molecule has 1 aromatic rings. The van der Waals surface area contributed by atoms with Gasteiger partial charge in [0.05, 0.1) is 0 Å². The lowest BCUT2D eigenvalue weighted by Crippen LogP contribution is -2.35. The Hall–Kier alpha value is -1.39. The minimum Gasteiger partial charge on any atom is -0.385 e. The number of hydrogen-bond acceptors (Lipinski definition) is 2. The molecule has 0 spiro atoms. The highest BCUT2D eigenvalue weighted by molar-refractivity contribution is 5.61. The smallest absolute Gasteiger partial charge is 0.385 e. The highest BCUT2D eigenvalue weighted by Crippen LogP contribution is 2.29. The lowest BCUT2D eigenvalue weighted by molar-refractivity contribution is -0.119. The monoisotopic (exact) mass is 272 g/mol. The van der Waals surface area contributed by atoms with E-state index in [4.69, 9.17) is 0 Å². The van der Waals surface area contributed by atoms with E-state index in [2.05, 4.69) is 5.32 Å². The number of aryl methyl sites for hydroxylation is 1. The summed E-state index contributed by atoms with van der Waals surface area (Å²) < 4.78 is 37.8. The quantitative estimate of drug-likeness (QED) is 0.896. The third kappa shape index (κ3) is 3.78. The van der Waals surface area contributed by atoms with Gasteiger partial charge in [0.2, 0.25) is 0 Å². The van der Waals surface area contributed by atoms with E-state index in [0.29, 0.717) is 18.7 Å². The number of benzene rings is 1. The van der Waals surface area contributed by atoms with E-state index in [1.807, 2.05) is 19.1 Å². The SMILES string of the molecule is CCCN(CC(F)(F)F)c1ccc2c(c1)CCCN2. The number of alkyl halides is 3. The summed E-state index contributed by atoms with van der Waals surface area (Å²) in [5, 5.41) is 3.27. The predicted octanol–water partition coefficient (Wildman–Crippen LogP) is 3.82. The van der Waals surface area contributed by atoms with E-state index >= 15 is 0 Å². The summed E-state index contributed by atoms with van der Waals surface area (Å²) in [7, 11) is 0. The minimum absolute atomic E-state index is 0.422. The molecule has 0 saturated heterocycles. The van der Waals surface area contributed by atoms with Gasteiger partial charge in [0, 0.05) is 24.5 Å². The third-order valence-corrected chi connectivity index (χ3v) is 3.26. The van der Waals surface area contributed by atoms with Gasteiger partial charge in [0.1, 0.15) is 6.54 Å². The number of fused-ring (bicyclic) bond motifs is 1. The van der Waals surface area contributed by atoms with Gasteiger partial charge < -0.3 is 10.2 Å². The van der Waals surface area contributed by atoms with Crippen molar-refractivity contribution in [3.63, 3.8) is 0 Å². The van der Waals surface area contributed by atoms with Gasteiger partial charge in [-0.15, -0.1) is 0 Å². The Morgan fingerprint density at radius 3 is 2.79 bits per heavy atom. The Morgan fingerprint density at radius 1 is 1.32 bits per heavy atom. The summed E-state index contributed by atoms with van der Waals surface area (Å²) >= 11 is 0. The van der Waals surface area contributed by atoms with Crippen LogP contribution in [-0.4, -0.2) is 25.8 Å². The molecule has 106 valence electrons. The van der Waals surface area contributed by atoms with Gasteiger partial charge in [-0.05, 0) is 43.0 Å². The van der Waals surface area contributed by atoms with E-state index in [1.54, 1.807) is 6.07 Å². The number of halogens is 3. The molecular formula is C14H19F3N2. The lowest BCUT2D eigenvalue weighted by Gasteiger charge is -2.27. The first-order valence-corrected chi connectivity index (χ1v) is 6.68. The van der Waals surface area contributed by atoms with Gasteiger partial charge in [-0.2, -0.15) is 13.2 Å². The fraction of sp³-hybridized carbons (Fsp3) is 0.571. The molecule has 2 nitrogen and oxygen atoms in total. The van der Waals surface area contributed by atoms with Crippen molar-refractivity contribution < 1.29 is 13.2 Å². The van der Waals surface area contributed by atoms with Crippen LogP contribution in [0.4, 0.5) is 24.5 Å². The molecule has 1 aliphatic rings. The second-order valence-corrected chi connectivity index (χ2v) is 4.91. The maximum absolute atomic E-state index is 12.6. The molecule has 1 N–H and O–H groups in total. The average Bonchev–Trinajstić information content (AvgIpc) is 2.36. The van der Waals surface area contributed by atoms with E-state index < -0.39 is 12.7 Å². The average molecular weight is 272 g/mol. The van der Waals surface area contributed by atoms with Crippen LogP contribution < -0.4 is 10.2 Å². The summed E-state index contributed by atoms with van der Waals surface area (Å²) in [6.45, 7) is 2.37. The predicted molar refractivity (Wildman–Crippen MR) is 71.8 cm³/mol. The first kappa shape index (κ1) is 14.0. The Morgan fingerprint density at radius 2 is 2.11 bits per heavy atom. The van der Waals surface area contributed by atoms with Crippen LogP contribution >= 0.6 is 0 Å². The maximum Gasteiger partial charge on any atom is 0.405 e. The molecule has 1 aromatic carbocycles. The number of nitrogens with zero attached hydrogens (tertiary/aromatic N) is 1. The number of rotatable bonds is 4. The van der Waals surface area contributed by atoms with Crippen LogP contribution in [0.3, 0.4) is 0 Å². The van der Waals surface area contributed by atoms with Gasteiger partial charge in [-0.1, -0.05) is 6.92 Å². The summed E-state index contributed by atoms with van der Waals surface area (Å²) in [6, 6.07) is 5.56. The van der Waals surface area contributed by atoms with Crippen LogP contribution in [0.5, 0.6) is 0 Å². The van der Waals surface area contributed by atoms with Crippen molar-refractivity contribution in [2.75, 3.05) is 29.9 Å². The number of nitrogens with one attached hydrogen (secondary N) is 1. The van der Waals surface area contributed by atoms with Crippen LogP contribution in [0.1, 0.15) is 25.3 Å². The fourth-order valence-electron chi connectivity index (χ4n) is 2.44. The topological polar surface area (TPSA) is 15.3 Å². The van der Waals surface area contributed by atoms with Crippen molar-refractivity contribution in [2.24, 2.45) is 0 Å². The molecule has 19 heavy (non-hydrogen) atoms. The van der Waals surface area contributed by atoms with Crippen LogP contribution in [0.25, 0.3) is 0 Å².